The van der Waals surface area contributed by atoms with Crippen LogP contribution >= 0.6 is 12.2 Å². The summed E-state index contributed by atoms with van der Waals surface area (Å²) in [5, 5.41) is 5.69. The van der Waals surface area contributed by atoms with Crippen molar-refractivity contribution < 1.29 is 9.53 Å². The summed E-state index contributed by atoms with van der Waals surface area (Å²) >= 11 is 4.76. The maximum absolute atomic E-state index is 11.2. The number of amides is 1. The van der Waals surface area contributed by atoms with Gasteiger partial charge in [0.15, 0.2) is 5.11 Å². The third-order valence-electron chi connectivity index (χ3n) is 1.55. The summed E-state index contributed by atoms with van der Waals surface area (Å²) in [6, 6.07) is 0. The Kier molecular flexibility index (Phi) is 2.10. The molecule has 5 heteroatoms. The third kappa shape index (κ3) is 1.49. The first-order valence-corrected chi connectivity index (χ1v) is 3.62. The number of carbonyl (C=O) groups excluding carboxylic acids is 1. The maximum Gasteiger partial charge on any atom is 0.253 e. The number of rotatable bonds is 2. The van der Waals surface area contributed by atoms with Crippen molar-refractivity contribution >= 4 is 23.2 Å². The van der Waals surface area contributed by atoms with Crippen LogP contribution in [0.2, 0.25) is 0 Å². The van der Waals surface area contributed by atoms with Crippen molar-refractivity contribution in [2.75, 3.05) is 13.7 Å². The van der Waals surface area contributed by atoms with Crippen molar-refractivity contribution in [3.05, 3.63) is 0 Å². The van der Waals surface area contributed by atoms with E-state index >= 15 is 0 Å². The summed E-state index contributed by atoms with van der Waals surface area (Å²) in [7, 11) is 1.54. The Morgan fingerprint density at radius 3 is 2.73 bits per heavy atom. The van der Waals surface area contributed by atoms with Crippen molar-refractivity contribution in [1.29, 1.82) is 0 Å². The topological polar surface area (TPSA) is 50.4 Å². The summed E-state index contributed by atoms with van der Waals surface area (Å²) in [5.41, 5.74) is -0.689. The SMILES string of the molecule is COCC1(C)NC(=S)NC1=O. The Balaban J connectivity index is 2.70. The average molecular weight is 174 g/mol. The van der Waals surface area contributed by atoms with Crippen LogP contribution in [0, 0.1) is 0 Å². The molecule has 11 heavy (non-hydrogen) atoms. The van der Waals surface area contributed by atoms with Crippen LogP contribution in [-0.2, 0) is 9.53 Å². The van der Waals surface area contributed by atoms with E-state index in [1.807, 2.05) is 0 Å². The second kappa shape index (κ2) is 2.75. The molecule has 0 bridgehead atoms. The van der Waals surface area contributed by atoms with Gasteiger partial charge in [-0.15, -0.1) is 0 Å². The van der Waals surface area contributed by atoms with Crippen LogP contribution < -0.4 is 10.6 Å². The van der Waals surface area contributed by atoms with Gasteiger partial charge in [0.05, 0.1) is 6.61 Å². The lowest BCUT2D eigenvalue weighted by atomic mass is 10.1. The molecule has 1 aliphatic heterocycles. The molecule has 1 saturated heterocycles. The molecule has 0 aliphatic carbocycles. The van der Waals surface area contributed by atoms with Crippen LogP contribution in [0.4, 0.5) is 0 Å². The van der Waals surface area contributed by atoms with Crippen LogP contribution in [0.5, 0.6) is 0 Å². The molecule has 0 spiro atoms. The minimum Gasteiger partial charge on any atom is -0.382 e. The van der Waals surface area contributed by atoms with Gasteiger partial charge < -0.3 is 15.4 Å². The Bertz CT molecular complexity index is 207. The van der Waals surface area contributed by atoms with Gasteiger partial charge in [-0.25, -0.2) is 0 Å². The minimum absolute atomic E-state index is 0.135. The molecule has 0 aromatic heterocycles. The largest absolute Gasteiger partial charge is 0.382 e. The van der Waals surface area contributed by atoms with Crippen LogP contribution in [0.3, 0.4) is 0 Å². The van der Waals surface area contributed by atoms with Crippen molar-refractivity contribution in [3.8, 4) is 0 Å². The highest BCUT2D eigenvalue weighted by molar-refractivity contribution is 7.80. The highest BCUT2D eigenvalue weighted by Gasteiger charge is 2.39. The number of hydrogen-bond acceptors (Lipinski definition) is 3. The fraction of sp³-hybridized carbons (Fsp3) is 0.667. The lowest BCUT2D eigenvalue weighted by molar-refractivity contribution is -0.125. The van der Waals surface area contributed by atoms with Gasteiger partial charge in [0.25, 0.3) is 5.91 Å². The first kappa shape index (κ1) is 8.42. The van der Waals surface area contributed by atoms with E-state index < -0.39 is 5.54 Å². The van der Waals surface area contributed by atoms with Gasteiger partial charge in [0.2, 0.25) is 0 Å². The number of ether oxygens (including phenoxy) is 1. The first-order valence-electron chi connectivity index (χ1n) is 3.21. The summed E-state index contributed by atoms with van der Waals surface area (Å²) in [6.45, 7) is 2.06. The van der Waals surface area contributed by atoms with E-state index in [2.05, 4.69) is 10.6 Å². The molecular weight excluding hydrogens is 164 g/mol. The zero-order chi connectivity index (χ0) is 8.48. The lowest BCUT2D eigenvalue weighted by Crippen LogP contribution is -2.47. The Morgan fingerprint density at radius 2 is 2.36 bits per heavy atom. The second-order valence-electron chi connectivity index (χ2n) is 2.67. The monoisotopic (exact) mass is 174 g/mol. The zero-order valence-electron chi connectivity index (χ0n) is 6.43. The van der Waals surface area contributed by atoms with Gasteiger partial charge in [-0.2, -0.15) is 0 Å². The highest BCUT2D eigenvalue weighted by atomic mass is 32.1. The van der Waals surface area contributed by atoms with Crippen molar-refractivity contribution in [3.63, 3.8) is 0 Å². The molecular formula is C6H10N2O2S. The van der Waals surface area contributed by atoms with Crippen LogP contribution in [0.15, 0.2) is 0 Å². The molecule has 1 fully saturated rings. The molecule has 0 aromatic carbocycles. The Hall–Kier alpha value is -0.680. The highest BCUT2D eigenvalue weighted by Crippen LogP contribution is 2.09. The van der Waals surface area contributed by atoms with Gasteiger partial charge in [-0.05, 0) is 19.1 Å². The summed E-state index contributed by atoms with van der Waals surface area (Å²) in [4.78, 5) is 11.2. The number of carbonyl (C=O) groups is 1. The summed E-state index contributed by atoms with van der Waals surface area (Å²) in [6.07, 6.45) is 0. The van der Waals surface area contributed by atoms with Crippen molar-refractivity contribution in [1.82, 2.24) is 10.6 Å². The molecule has 62 valence electrons. The van der Waals surface area contributed by atoms with Crippen LogP contribution in [-0.4, -0.2) is 30.3 Å². The predicted octanol–water partition coefficient (Wildman–Crippen LogP) is -0.604. The smallest absolute Gasteiger partial charge is 0.253 e. The molecule has 1 heterocycles. The standard InChI is InChI=1S/C6H10N2O2S/c1-6(3-10-2)4(9)7-5(11)8-6/h3H2,1-2H3,(H2,7,8,9,11). The van der Waals surface area contributed by atoms with E-state index in [1.54, 1.807) is 14.0 Å². The first-order chi connectivity index (χ1) is 5.08. The number of nitrogens with one attached hydrogen (secondary N) is 2. The summed E-state index contributed by atoms with van der Waals surface area (Å²) < 4.78 is 4.86. The molecule has 1 amide bonds. The number of methoxy groups -OCH3 is 1. The van der Waals surface area contributed by atoms with Crippen LogP contribution in [0.25, 0.3) is 0 Å². The molecule has 1 rings (SSSR count). The predicted molar refractivity (Wildman–Crippen MR) is 44.2 cm³/mol. The normalized spacial score (nSPS) is 30.0. The van der Waals surface area contributed by atoms with Crippen molar-refractivity contribution in [2.24, 2.45) is 0 Å². The molecule has 0 radical (unpaired) electrons. The molecule has 1 aliphatic rings. The van der Waals surface area contributed by atoms with E-state index in [9.17, 15) is 4.79 Å². The molecule has 2 N–H and O–H groups in total. The van der Waals surface area contributed by atoms with E-state index in [1.165, 1.54) is 0 Å². The molecule has 1 atom stereocenters. The van der Waals surface area contributed by atoms with Gasteiger partial charge >= 0.3 is 0 Å². The Morgan fingerprint density at radius 1 is 1.73 bits per heavy atom. The maximum atomic E-state index is 11.2. The second-order valence-corrected chi connectivity index (χ2v) is 3.08. The van der Waals surface area contributed by atoms with Gasteiger partial charge in [-0.3, -0.25) is 4.79 Å². The summed E-state index contributed by atoms with van der Waals surface area (Å²) in [5.74, 6) is -0.135. The van der Waals surface area contributed by atoms with Gasteiger partial charge in [-0.1, -0.05) is 0 Å². The molecule has 4 nitrogen and oxygen atoms in total. The third-order valence-corrected chi connectivity index (χ3v) is 1.75. The van der Waals surface area contributed by atoms with E-state index in [4.69, 9.17) is 17.0 Å². The van der Waals surface area contributed by atoms with E-state index in [-0.39, 0.29) is 5.91 Å². The number of thiocarbonyl (C=S) groups is 1. The van der Waals surface area contributed by atoms with Gasteiger partial charge in [0.1, 0.15) is 5.54 Å². The lowest BCUT2D eigenvalue weighted by Gasteiger charge is -2.18. The molecule has 0 aromatic rings. The number of hydrogen-bond donors (Lipinski definition) is 2. The quantitative estimate of drug-likeness (QED) is 0.549. The Labute approximate surface area is 70.3 Å². The zero-order valence-corrected chi connectivity index (χ0v) is 7.25. The van der Waals surface area contributed by atoms with Crippen LogP contribution in [0.1, 0.15) is 6.92 Å². The van der Waals surface area contributed by atoms with E-state index in [0.29, 0.717) is 11.7 Å². The van der Waals surface area contributed by atoms with E-state index in [0.717, 1.165) is 0 Å². The van der Waals surface area contributed by atoms with Crippen molar-refractivity contribution in [2.45, 2.75) is 12.5 Å². The fourth-order valence-electron chi connectivity index (χ4n) is 0.970. The average Bonchev–Trinajstić information content (AvgIpc) is 2.08. The molecule has 1 unspecified atom stereocenters. The minimum atomic E-state index is -0.689. The fourth-order valence-corrected chi connectivity index (χ4v) is 1.29. The molecule has 0 saturated carbocycles. The van der Waals surface area contributed by atoms with Gasteiger partial charge in [0, 0.05) is 7.11 Å².